The minimum absolute atomic E-state index is 0.438. The third-order valence-electron chi connectivity index (χ3n) is 1.58. The fraction of sp³-hybridized carbons (Fsp3) is 0.400. The van der Waals surface area contributed by atoms with Crippen LogP contribution in [-0.4, -0.2) is 0 Å². The minimum Gasteiger partial charge on any atom is -0.397 e. The molecule has 0 heterocycles. The van der Waals surface area contributed by atoms with Crippen LogP contribution in [0.2, 0.25) is 5.02 Å². The van der Waals surface area contributed by atoms with Crippen molar-refractivity contribution in [1.29, 1.82) is 0 Å². The maximum Gasteiger partial charge on any atom is 0.0641 e. The molecule has 1 aromatic carbocycles. The largest absolute Gasteiger partial charge is 0.397 e. The van der Waals surface area contributed by atoms with Gasteiger partial charge in [-0.3, -0.25) is 0 Å². The van der Waals surface area contributed by atoms with Crippen LogP contribution in [0.25, 0.3) is 0 Å². The Morgan fingerprint density at radius 3 is 2.31 bits per heavy atom. The van der Waals surface area contributed by atoms with E-state index in [-0.39, 0.29) is 0 Å². The van der Waals surface area contributed by atoms with Crippen LogP contribution in [0.15, 0.2) is 12.1 Å². The maximum absolute atomic E-state index is 5.82. The normalized spacial score (nSPS) is 9.00. The highest BCUT2D eigenvalue weighted by Gasteiger charge is 2.01. The quantitative estimate of drug-likeness (QED) is 0.685. The fourth-order valence-electron chi connectivity index (χ4n) is 0.994. The van der Waals surface area contributed by atoms with Crippen molar-refractivity contribution in [1.82, 2.24) is 0 Å². The monoisotopic (exact) mass is 200 g/mol. The molecule has 0 aromatic heterocycles. The van der Waals surface area contributed by atoms with Gasteiger partial charge in [-0.25, -0.2) is 0 Å². The van der Waals surface area contributed by atoms with E-state index in [1.54, 1.807) is 0 Å². The Labute approximate surface area is 84.9 Å². The molecule has 0 saturated carbocycles. The molecule has 0 spiro atoms. The Kier molecular flexibility index (Phi) is 5.51. The van der Waals surface area contributed by atoms with Crippen molar-refractivity contribution in [2.24, 2.45) is 5.73 Å². The summed E-state index contributed by atoms with van der Waals surface area (Å²) in [5.74, 6) is 0. The highest BCUT2D eigenvalue weighted by atomic mass is 35.5. The summed E-state index contributed by atoms with van der Waals surface area (Å²) in [4.78, 5) is 0. The average molecular weight is 201 g/mol. The van der Waals surface area contributed by atoms with Gasteiger partial charge in [0.2, 0.25) is 0 Å². The standard InChI is InChI=1S/C8H11ClN2.C2H6/c1-5-2-6(4-10)8(11)7(9)3-5;1-2/h2-3H,4,10-11H2,1H3;1-2H3. The molecule has 0 aliphatic heterocycles. The van der Waals surface area contributed by atoms with Gasteiger partial charge in [-0.2, -0.15) is 0 Å². The number of halogens is 1. The molecule has 3 heteroatoms. The highest BCUT2D eigenvalue weighted by Crippen LogP contribution is 2.23. The molecule has 0 unspecified atom stereocenters. The first-order valence-electron chi connectivity index (χ1n) is 4.39. The number of hydrogen-bond acceptors (Lipinski definition) is 2. The van der Waals surface area contributed by atoms with Gasteiger partial charge in [0.05, 0.1) is 10.7 Å². The van der Waals surface area contributed by atoms with E-state index in [2.05, 4.69) is 0 Å². The first-order valence-corrected chi connectivity index (χ1v) is 4.77. The molecule has 4 N–H and O–H groups in total. The molecule has 0 atom stereocenters. The highest BCUT2D eigenvalue weighted by molar-refractivity contribution is 6.33. The lowest BCUT2D eigenvalue weighted by Crippen LogP contribution is -2.02. The lowest BCUT2D eigenvalue weighted by molar-refractivity contribution is 1.07. The Morgan fingerprint density at radius 2 is 1.85 bits per heavy atom. The smallest absolute Gasteiger partial charge is 0.0641 e. The number of anilines is 1. The van der Waals surface area contributed by atoms with Crippen LogP contribution >= 0.6 is 11.6 Å². The van der Waals surface area contributed by atoms with E-state index in [9.17, 15) is 0 Å². The second-order valence-electron chi connectivity index (χ2n) is 2.52. The molecule has 0 bridgehead atoms. The third kappa shape index (κ3) is 3.25. The molecule has 13 heavy (non-hydrogen) atoms. The molecule has 0 amide bonds. The van der Waals surface area contributed by atoms with Gasteiger partial charge in [0.1, 0.15) is 0 Å². The van der Waals surface area contributed by atoms with Crippen LogP contribution in [0.1, 0.15) is 25.0 Å². The average Bonchev–Trinajstić information content (AvgIpc) is 2.14. The van der Waals surface area contributed by atoms with E-state index >= 15 is 0 Å². The topological polar surface area (TPSA) is 52.0 Å². The predicted molar refractivity (Wildman–Crippen MR) is 59.8 cm³/mol. The summed E-state index contributed by atoms with van der Waals surface area (Å²) in [5, 5.41) is 0.588. The zero-order valence-electron chi connectivity index (χ0n) is 8.39. The zero-order valence-corrected chi connectivity index (χ0v) is 9.15. The SMILES string of the molecule is CC.Cc1cc(Cl)c(N)c(CN)c1. The van der Waals surface area contributed by atoms with Crippen molar-refractivity contribution < 1.29 is 0 Å². The van der Waals surface area contributed by atoms with E-state index in [4.69, 9.17) is 23.1 Å². The molecule has 0 radical (unpaired) electrons. The number of benzene rings is 1. The van der Waals surface area contributed by atoms with Crippen molar-refractivity contribution in [3.8, 4) is 0 Å². The molecular weight excluding hydrogens is 184 g/mol. The van der Waals surface area contributed by atoms with E-state index in [0.29, 0.717) is 17.3 Å². The van der Waals surface area contributed by atoms with Gasteiger partial charge < -0.3 is 11.5 Å². The fourth-order valence-corrected chi connectivity index (χ4v) is 1.29. The number of aryl methyl sites for hydroxylation is 1. The maximum atomic E-state index is 5.82. The summed E-state index contributed by atoms with van der Waals surface area (Å²) < 4.78 is 0. The van der Waals surface area contributed by atoms with Crippen LogP contribution in [-0.2, 0) is 6.54 Å². The van der Waals surface area contributed by atoms with Crippen LogP contribution in [0.3, 0.4) is 0 Å². The molecule has 0 saturated heterocycles. The van der Waals surface area contributed by atoms with Crippen LogP contribution in [0, 0.1) is 6.92 Å². The summed E-state index contributed by atoms with van der Waals surface area (Å²) in [6, 6.07) is 3.78. The number of hydrogen-bond donors (Lipinski definition) is 2. The molecule has 0 aliphatic carbocycles. The second kappa shape index (κ2) is 5.84. The Hall–Kier alpha value is -0.730. The van der Waals surface area contributed by atoms with E-state index in [1.165, 1.54) is 0 Å². The first-order chi connectivity index (χ1) is 6.15. The zero-order chi connectivity index (χ0) is 10.4. The lowest BCUT2D eigenvalue weighted by atomic mass is 10.1. The van der Waals surface area contributed by atoms with Crippen molar-refractivity contribution in [2.75, 3.05) is 5.73 Å². The van der Waals surface area contributed by atoms with E-state index < -0.39 is 0 Å². The van der Waals surface area contributed by atoms with Gasteiger partial charge in [-0.15, -0.1) is 0 Å². The molecule has 74 valence electrons. The Morgan fingerprint density at radius 1 is 1.31 bits per heavy atom. The molecule has 1 rings (SSSR count). The van der Waals surface area contributed by atoms with Crippen molar-refractivity contribution in [3.63, 3.8) is 0 Å². The van der Waals surface area contributed by atoms with Crippen LogP contribution in [0.4, 0.5) is 5.69 Å². The second-order valence-corrected chi connectivity index (χ2v) is 2.93. The van der Waals surface area contributed by atoms with Crippen LogP contribution in [0.5, 0.6) is 0 Å². The summed E-state index contributed by atoms with van der Waals surface area (Å²) in [7, 11) is 0. The van der Waals surface area contributed by atoms with Gasteiger partial charge in [0.25, 0.3) is 0 Å². The Bertz CT molecular complexity index is 272. The summed E-state index contributed by atoms with van der Waals surface area (Å²) in [5.41, 5.74) is 13.7. The minimum atomic E-state index is 0.438. The van der Waals surface area contributed by atoms with Gasteiger partial charge in [-0.05, 0) is 24.1 Å². The lowest BCUT2D eigenvalue weighted by Gasteiger charge is -2.05. The van der Waals surface area contributed by atoms with Gasteiger partial charge in [0.15, 0.2) is 0 Å². The van der Waals surface area contributed by atoms with Crippen molar-refractivity contribution in [3.05, 3.63) is 28.3 Å². The summed E-state index contributed by atoms with van der Waals surface area (Å²) >= 11 is 5.82. The van der Waals surface area contributed by atoms with Gasteiger partial charge in [0, 0.05) is 6.54 Å². The van der Waals surface area contributed by atoms with Crippen molar-refractivity contribution in [2.45, 2.75) is 27.3 Å². The molecule has 0 fully saturated rings. The van der Waals surface area contributed by atoms with Gasteiger partial charge >= 0.3 is 0 Å². The summed E-state index contributed by atoms with van der Waals surface area (Å²) in [6.07, 6.45) is 0. The predicted octanol–water partition coefficient (Wildman–Crippen LogP) is 2.72. The Balaban J connectivity index is 0.000000671. The molecular formula is C10H17ClN2. The van der Waals surface area contributed by atoms with E-state index in [0.717, 1.165) is 11.1 Å². The summed E-state index contributed by atoms with van der Waals surface area (Å²) in [6.45, 7) is 6.40. The molecule has 2 nitrogen and oxygen atoms in total. The number of rotatable bonds is 1. The van der Waals surface area contributed by atoms with Gasteiger partial charge in [-0.1, -0.05) is 31.5 Å². The van der Waals surface area contributed by atoms with E-state index in [1.807, 2.05) is 32.9 Å². The molecule has 1 aromatic rings. The third-order valence-corrected chi connectivity index (χ3v) is 1.89. The number of nitrogens with two attached hydrogens (primary N) is 2. The van der Waals surface area contributed by atoms with Crippen molar-refractivity contribution >= 4 is 17.3 Å². The number of nitrogen functional groups attached to an aromatic ring is 1. The van der Waals surface area contributed by atoms with Crippen LogP contribution < -0.4 is 11.5 Å². The molecule has 0 aliphatic rings. The first kappa shape index (κ1) is 12.3.